The summed E-state index contributed by atoms with van der Waals surface area (Å²) in [5.41, 5.74) is 2.95. The Hall–Kier alpha value is -3.21. The summed E-state index contributed by atoms with van der Waals surface area (Å²) in [5, 5.41) is 9.18. The van der Waals surface area contributed by atoms with Gasteiger partial charge in [0.15, 0.2) is 0 Å². The van der Waals surface area contributed by atoms with Gasteiger partial charge in [0, 0.05) is 17.8 Å². The molecule has 2 heterocycles. The number of nitrogens with zero attached hydrogens (tertiary/aromatic N) is 3. The van der Waals surface area contributed by atoms with Gasteiger partial charge in [-0.3, -0.25) is 4.98 Å². The number of aryl methyl sites for hydroxylation is 1. The highest BCUT2D eigenvalue weighted by Gasteiger charge is 2.36. The molecule has 1 saturated heterocycles. The molecule has 0 saturated carbocycles. The van der Waals surface area contributed by atoms with Crippen molar-refractivity contribution in [3.8, 4) is 17.2 Å². The van der Waals surface area contributed by atoms with E-state index in [9.17, 15) is 18.4 Å². The van der Waals surface area contributed by atoms with Crippen molar-refractivity contribution < 1.29 is 17.9 Å². The van der Waals surface area contributed by atoms with Gasteiger partial charge >= 0.3 is 6.18 Å². The van der Waals surface area contributed by atoms with Crippen molar-refractivity contribution >= 4 is 0 Å². The third-order valence-corrected chi connectivity index (χ3v) is 6.87. The zero-order valence-corrected chi connectivity index (χ0v) is 19.9. The second kappa shape index (κ2) is 10.2. The summed E-state index contributed by atoms with van der Waals surface area (Å²) in [6.45, 7) is 4.10. The number of likely N-dealkylation sites (tertiary alicyclic amines) is 1. The molecular weight excluding hydrogens is 451 g/mol. The van der Waals surface area contributed by atoms with Crippen molar-refractivity contribution in [3.63, 3.8) is 0 Å². The molecule has 35 heavy (non-hydrogen) atoms. The fraction of sp³-hybridized carbons (Fsp3) is 0.357. The van der Waals surface area contributed by atoms with E-state index >= 15 is 0 Å². The number of alkyl halides is 3. The molecule has 4 nitrogen and oxygen atoms in total. The van der Waals surface area contributed by atoms with Crippen LogP contribution in [0, 0.1) is 18.3 Å². The molecule has 0 bridgehead atoms. The predicted octanol–water partition coefficient (Wildman–Crippen LogP) is 6.13. The minimum atomic E-state index is -4.47. The SMILES string of the molecule is Cc1cc(-c2cc(COCC3(c4cccnc4)CCN(C)CC3)cc(C(F)(F)F)c2)ccc1C#N. The molecule has 0 N–H and O–H groups in total. The molecule has 1 aromatic heterocycles. The maximum absolute atomic E-state index is 13.7. The van der Waals surface area contributed by atoms with Crippen LogP contribution in [0.2, 0.25) is 0 Å². The molecule has 3 aromatic rings. The van der Waals surface area contributed by atoms with Crippen molar-refractivity contribution in [3.05, 3.63) is 88.7 Å². The Labute approximate surface area is 204 Å². The van der Waals surface area contributed by atoms with Crippen LogP contribution in [-0.2, 0) is 22.9 Å². The van der Waals surface area contributed by atoms with E-state index in [0.29, 0.717) is 28.9 Å². The number of aromatic nitrogens is 1. The Kier molecular flexibility index (Phi) is 7.25. The van der Waals surface area contributed by atoms with Gasteiger partial charge in [-0.25, -0.2) is 0 Å². The van der Waals surface area contributed by atoms with Crippen LogP contribution in [0.15, 0.2) is 60.9 Å². The molecule has 1 fully saturated rings. The topological polar surface area (TPSA) is 49.1 Å². The van der Waals surface area contributed by atoms with Crippen LogP contribution in [-0.4, -0.2) is 36.6 Å². The molecule has 4 rings (SSSR count). The Balaban J connectivity index is 1.59. The Morgan fingerprint density at radius 2 is 1.86 bits per heavy atom. The molecule has 1 aliphatic rings. The van der Waals surface area contributed by atoms with E-state index in [1.54, 1.807) is 37.4 Å². The second-order valence-electron chi connectivity index (χ2n) is 9.38. The molecule has 0 atom stereocenters. The Bertz CT molecular complexity index is 1210. The van der Waals surface area contributed by atoms with E-state index in [1.807, 2.05) is 12.3 Å². The monoisotopic (exact) mass is 479 g/mol. The van der Waals surface area contributed by atoms with Gasteiger partial charge in [-0.2, -0.15) is 18.4 Å². The highest BCUT2D eigenvalue weighted by Crippen LogP contribution is 2.37. The van der Waals surface area contributed by atoms with Gasteiger partial charge in [0.25, 0.3) is 0 Å². The highest BCUT2D eigenvalue weighted by atomic mass is 19.4. The highest BCUT2D eigenvalue weighted by molar-refractivity contribution is 5.67. The molecule has 7 heteroatoms. The van der Waals surface area contributed by atoms with Crippen LogP contribution in [0.3, 0.4) is 0 Å². The van der Waals surface area contributed by atoms with Gasteiger partial charge in [-0.1, -0.05) is 18.2 Å². The fourth-order valence-electron chi connectivity index (χ4n) is 4.68. The first-order valence-corrected chi connectivity index (χ1v) is 11.6. The summed E-state index contributed by atoms with van der Waals surface area (Å²) in [4.78, 5) is 6.55. The first-order chi connectivity index (χ1) is 16.7. The first kappa shape index (κ1) is 24.9. The number of halogens is 3. The predicted molar refractivity (Wildman–Crippen MR) is 129 cm³/mol. The number of rotatable bonds is 6. The smallest absolute Gasteiger partial charge is 0.376 e. The van der Waals surface area contributed by atoms with Crippen LogP contribution >= 0.6 is 0 Å². The van der Waals surface area contributed by atoms with Gasteiger partial charge in [-0.05, 0) is 98.1 Å². The maximum Gasteiger partial charge on any atom is 0.416 e. The average molecular weight is 480 g/mol. The van der Waals surface area contributed by atoms with E-state index in [2.05, 4.69) is 29.1 Å². The van der Waals surface area contributed by atoms with Crippen LogP contribution < -0.4 is 0 Å². The molecule has 0 amide bonds. The normalized spacial score (nSPS) is 16.1. The first-order valence-electron chi connectivity index (χ1n) is 11.6. The molecule has 1 aliphatic heterocycles. The number of pyridine rings is 1. The average Bonchev–Trinajstić information content (AvgIpc) is 2.85. The van der Waals surface area contributed by atoms with E-state index in [0.717, 1.165) is 49.2 Å². The zero-order valence-electron chi connectivity index (χ0n) is 19.9. The van der Waals surface area contributed by atoms with E-state index in [1.165, 1.54) is 0 Å². The quantitative estimate of drug-likeness (QED) is 0.427. The van der Waals surface area contributed by atoms with Crippen molar-refractivity contribution in [2.24, 2.45) is 0 Å². The van der Waals surface area contributed by atoms with Crippen LogP contribution in [0.1, 0.15) is 40.7 Å². The van der Waals surface area contributed by atoms with Crippen molar-refractivity contribution in [2.45, 2.75) is 38.0 Å². The van der Waals surface area contributed by atoms with Gasteiger partial charge < -0.3 is 9.64 Å². The standard InChI is InChI=1S/C28H28F3N3O/c1-20-12-22(5-6-23(20)16-32)24-13-21(14-26(15-24)28(29,30)31)18-35-19-27(7-10-34(2)11-8-27)25-4-3-9-33-17-25/h3-6,9,12-15,17H,7-8,10-11,18-19H2,1-2H3. The largest absolute Gasteiger partial charge is 0.416 e. The molecular formula is C28H28F3N3O. The molecule has 0 aliphatic carbocycles. The summed E-state index contributed by atoms with van der Waals surface area (Å²) in [7, 11) is 2.09. The van der Waals surface area contributed by atoms with Gasteiger partial charge in [0.1, 0.15) is 0 Å². The summed E-state index contributed by atoms with van der Waals surface area (Å²) in [5.74, 6) is 0. The number of hydrogen-bond donors (Lipinski definition) is 0. The fourth-order valence-corrected chi connectivity index (χ4v) is 4.68. The summed E-state index contributed by atoms with van der Waals surface area (Å²) in [6, 6.07) is 15.2. The zero-order chi connectivity index (χ0) is 25.1. The summed E-state index contributed by atoms with van der Waals surface area (Å²) < 4.78 is 47.2. The third kappa shape index (κ3) is 5.72. The molecule has 0 unspecified atom stereocenters. The number of ether oxygens (including phenoxy) is 1. The number of benzene rings is 2. The van der Waals surface area contributed by atoms with Crippen molar-refractivity contribution in [1.29, 1.82) is 5.26 Å². The number of hydrogen-bond acceptors (Lipinski definition) is 4. The summed E-state index contributed by atoms with van der Waals surface area (Å²) >= 11 is 0. The second-order valence-corrected chi connectivity index (χ2v) is 9.38. The minimum Gasteiger partial charge on any atom is -0.376 e. The molecule has 0 radical (unpaired) electrons. The van der Waals surface area contributed by atoms with Crippen molar-refractivity contribution in [2.75, 3.05) is 26.7 Å². The van der Waals surface area contributed by atoms with E-state index < -0.39 is 11.7 Å². The summed E-state index contributed by atoms with van der Waals surface area (Å²) in [6.07, 6.45) is 0.921. The van der Waals surface area contributed by atoms with Crippen LogP contribution in [0.4, 0.5) is 13.2 Å². The number of piperidine rings is 1. The van der Waals surface area contributed by atoms with Gasteiger partial charge in [0.05, 0.1) is 30.4 Å². The van der Waals surface area contributed by atoms with E-state index in [4.69, 9.17) is 4.74 Å². The Morgan fingerprint density at radius 3 is 2.49 bits per heavy atom. The lowest BCUT2D eigenvalue weighted by molar-refractivity contribution is -0.137. The lowest BCUT2D eigenvalue weighted by atomic mass is 9.74. The lowest BCUT2D eigenvalue weighted by Crippen LogP contribution is -2.43. The van der Waals surface area contributed by atoms with E-state index in [-0.39, 0.29) is 12.0 Å². The lowest BCUT2D eigenvalue weighted by Gasteiger charge is -2.40. The van der Waals surface area contributed by atoms with Crippen molar-refractivity contribution in [1.82, 2.24) is 9.88 Å². The molecule has 182 valence electrons. The van der Waals surface area contributed by atoms with Gasteiger partial charge in [-0.15, -0.1) is 0 Å². The number of nitriles is 1. The third-order valence-electron chi connectivity index (χ3n) is 6.87. The molecule has 0 spiro atoms. The van der Waals surface area contributed by atoms with Gasteiger partial charge in [0.2, 0.25) is 0 Å². The Morgan fingerprint density at radius 1 is 1.09 bits per heavy atom. The van der Waals surface area contributed by atoms with Crippen LogP contribution in [0.5, 0.6) is 0 Å². The molecule has 2 aromatic carbocycles. The minimum absolute atomic E-state index is 0.0734. The van der Waals surface area contributed by atoms with Crippen LogP contribution in [0.25, 0.3) is 11.1 Å². The maximum atomic E-state index is 13.7.